The van der Waals surface area contributed by atoms with Crippen molar-refractivity contribution < 1.29 is 18.7 Å². The van der Waals surface area contributed by atoms with Crippen LogP contribution in [0.25, 0.3) is 0 Å². The molecular weight excluding hydrogens is 326 g/mol. The van der Waals surface area contributed by atoms with Gasteiger partial charge in [-0.15, -0.1) is 0 Å². The normalized spacial score (nSPS) is 19.2. The van der Waals surface area contributed by atoms with Crippen LogP contribution in [0.5, 0.6) is 0 Å². The fourth-order valence-electron chi connectivity index (χ4n) is 2.20. The van der Waals surface area contributed by atoms with Gasteiger partial charge in [-0.2, -0.15) is 0 Å². The molecule has 1 aliphatic heterocycles. The van der Waals surface area contributed by atoms with E-state index in [0.717, 1.165) is 6.42 Å². The average Bonchev–Trinajstić information content (AvgIpc) is 2.93. The van der Waals surface area contributed by atoms with E-state index < -0.39 is 11.6 Å². The maximum Gasteiger partial charge on any atom is 0.329 e. The van der Waals surface area contributed by atoms with Crippen LogP contribution < -0.4 is 0 Å². The van der Waals surface area contributed by atoms with Crippen molar-refractivity contribution in [2.45, 2.75) is 45.3 Å². The van der Waals surface area contributed by atoms with Crippen molar-refractivity contribution in [1.82, 2.24) is 4.90 Å². The first-order valence-corrected chi connectivity index (χ1v) is 7.36. The molecule has 1 fully saturated rings. The van der Waals surface area contributed by atoms with Crippen molar-refractivity contribution in [3.05, 3.63) is 22.6 Å². The summed E-state index contributed by atoms with van der Waals surface area (Å²) in [6.07, 6.45) is 1.42. The molecule has 0 unspecified atom stereocenters. The van der Waals surface area contributed by atoms with Crippen LogP contribution in [0.3, 0.4) is 0 Å². The van der Waals surface area contributed by atoms with Gasteiger partial charge in [-0.3, -0.25) is 4.79 Å². The molecule has 0 aliphatic carbocycles. The van der Waals surface area contributed by atoms with E-state index in [4.69, 9.17) is 9.15 Å². The first kappa shape index (κ1) is 15.1. The van der Waals surface area contributed by atoms with E-state index in [2.05, 4.69) is 15.9 Å². The zero-order chi connectivity index (χ0) is 14.9. The van der Waals surface area contributed by atoms with Gasteiger partial charge in [-0.25, -0.2) is 4.79 Å². The summed E-state index contributed by atoms with van der Waals surface area (Å²) in [6, 6.07) is 2.73. The molecule has 0 aromatic carbocycles. The number of furan rings is 1. The smallest absolute Gasteiger partial charge is 0.329 e. The number of hydrogen-bond donors (Lipinski definition) is 0. The summed E-state index contributed by atoms with van der Waals surface area (Å²) in [4.78, 5) is 26.0. The van der Waals surface area contributed by atoms with Gasteiger partial charge in [0, 0.05) is 6.54 Å². The fraction of sp³-hybridized carbons (Fsp3) is 0.571. The minimum absolute atomic E-state index is 0.229. The second kappa shape index (κ2) is 5.60. The predicted octanol–water partition coefficient (Wildman–Crippen LogP) is 2.99. The lowest BCUT2D eigenvalue weighted by atomic mass is 10.1. The van der Waals surface area contributed by atoms with Crippen molar-refractivity contribution in [3.8, 4) is 0 Å². The number of carbonyl (C=O) groups excluding carboxylic acids is 2. The first-order valence-electron chi connectivity index (χ1n) is 6.57. The largest absolute Gasteiger partial charge is 0.458 e. The lowest BCUT2D eigenvalue weighted by Gasteiger charge is -2.26. The molecule has 2 rings (SSSR count). The summed E-state index contributed by atoms with van der Waals surface area (Å²) in [5.74, 6) is -0.398. The van der Waals surface area contributed by atoms with E-state index in [-0.39, 0.29) is 17.6 Å². The molecule has 0 bridgehead atoms. The van der Waals surface area contributed by atoms with Crippen LogP contribution in [0.4, 0.5) is 0 Å². The van der Waals surface area contributed by atoms with Crippen molar-refractivity contribution in [1.29, 1.82) is 0 Å². The number of ether oxygens (including phenoxy) is 1. The van der Waals surface area contributed by atoms with Gasteiger partial charge in [-0.1, -0.05) is 0 Å². The minimum atomic E-state index is -0.553. The highest BCUT2D eigenvalue weighted by atomic mass is 79.9. The zero-order valence-corrected chi connectivity index (χ0v) is 13.4. The van der Waals surface area contributed by atoms with Gasteiger partial charge in [0.15, 0.2) is 10.4 Å². The minimum Gasteiger partial charge on any atom is -0.458 e. The number of carbonyl (C=O) groups is 2. The number of esters is 1. The van der Waals surface area contributed by atoms with Crippen LogP contribution in [0.15, 0.2) is 21.2 Å². The molecule has 0 spiro atoms. The standard InChI is InChI=1S/C14H18BrNO4/c1-14(2,3)20-13(18)9-5-4-8-16(9)12(17)10-6-7-11(15)19-10/h6-7,9H,4-5,8H2,1-3H3/t9-/m1/s1. The number of rotatable bonds is 2. The number of nitrogens with zero attached hydrogens (tertiary/aromatic N) is 1. The Morgan fingerprint density at radius 2 is 2.10 bits per heavy atom. The van der Waals surface area contributed by atoms with Gasteiger partial charge >= 0.3 is 5.97 Å². The molecule has 2 heterocycles. The van der Waals surface area contributed by atoms with Crippen molar-refractivity contribution >= 4 is 27.8 Å². The first-order chi connectivity index (χ1) is 9.28. The van der Waals surface area contributed by atoms with Crippen molar-refractivity contribution in [3.63, 3.8) is 0 Å². The molecule has 110 valence electrons. The maximum atomic E-state index is 12.3. The van der Waals surface area contributed by atoms with Crippen LogP contribution >= 0.6 is 15.9 Å². The monoisotopic (exact) mass is 343 g/mol. The Kier molecular flexibility index (Phi) is 4.22. The number of likely N-dealkylation sites (tertiary alicyclic amines) is 1. The molecule has 0 radical (unpaired) electrons. The summed E-state index contributed by atoms with van der Waals surface area (Å²) < 4.78 is 11.1. The number of halogens is 1. The predicted molar refractivity (Wildman–Crippen MR) is 76.3 cm³/mol. The van der Waals surface area contributed by atoms with E-state index in [0.29, 0.717) is 17.6 Å². The Labute approximate surface area is 126 Å². The molecule has 5 nitrogen and oxygen atoms in total. The lowest BCUT2D eigenvalue weighted by molar-refractivity contribution is -0.159. The maximum absolute atomic E-state index is 12.3. The lowest BCUT2D eigenvalue weighted by Crippen LogP contribution is -2.43. The molecule has 20 heavy (non-hydrogen) atoms. The van der Waals surface area contributed by atoms with Crippen LogP contribution in [0.2, 0.25) is 0 Å². The third kappa shape index (κ3) is 3.42. The molecular formula is C14H18BrNO4. The second-order valence-corrected chi connectivity index (χ2v) is 6.58. The van der Waals surface area contributed by atoms with E-state index in [1.54, 1.807) is 12.1 Å². The summed E-state index contributed by atoms with van der Waals surface area (Å²) in [5, 5.41) is 0. The quantitative estimate of drug-likeness (QED) is 0.774. The van der Waals surface area contributed by atoms with Crippen LogP contribution in [-0.4, -0.2) is 35.0 Å². The average molecular weight is 344 g/mol. The van der Waals surface area contributed by atoms with Gasteiger partial charge in [0.1, 0.15) is 11.6 Å². The molecule has 0 saturated carbocycles. The van der Waals surface area contributed by atoms with Gasteiger partial charge < -0.3 is 14.1 Å². The van der Waals surface area contributed by atoms with Gasteiger partial charge in [0.05, 0.1) is 0 Å². The SMILES string of the molecule is CC(C)(C)OC(=O)[C@H]1CCCN1C(=O)c1ccc(Br)o1. The van der Waals surface area contributed by atoms with Crippen LogP contribution in [0.1, 0.15) is 44.2 Å². The van der Waals surface area contributed by atoms with E-state index >= 15 is 0 Å². The highest BCUT2D eigenvalue weighted by molar-refractivity contribution is 9.10. The molecule has 0 N–H and O–H groups in total. The fourth-order valence-corrected chi connectivity index (χ4v) is 2.50. The highest BCUT2D eigenvalue weighted by Crippen LogP contribution is 2.24. The highest BCUT2D eigenvalue weighted by Gasteiger charge is 2.38. The molecule has 6 heteroatoms. The summed E-state index contributed by atoms with van der Waals surface area (Å²) >= 11 is 3.16. The third-order valence-corrected chi connectivity index (χ3v) is 3.40. The Morgan fingerprint density at radius 3 is 2.65 bits per heavy atom. The van der Waals surface area contributed by atoms with E-state index in [9.17, 15) is 9.59 Å². The van der Waals surface area contributed by atoms with E-state index in [1.165, 1.54) is 4.90 Å². The molecule has 1 aromatic rings. The molecule has 1 atom stereocenters. The number of amides is 1. The van der Waals surface area contributed by atoms with Crippen LogP contribution in [0, 0.1) is 0 Å². The van der Waals surface area contributed by atoms with E-state index in [1.807, 2.05) is 20.8 Å². The Balaban J connectivity index is 2.11. The Hall–Kier alpha value is -1.30. The number of hydrogen-bond acceptors (Lipinski definition) is 4. The second-order valence-electron chi connectivity index (χ2n) is 5.79. The molecule has 1 aromatic heterocycles. The molecule has 1 saturated heterocycles. The van der Waals surface area contributed by atoms with Crippen molar-refractivity contribution in [2.75, 3.05) is 6.54 Å². The summed E-state index contributed by atoms with van der Waals surface area (Å²) in [6.45, 7) is 5.99. The van der Waals surface area contributed by atoms with Gasteiger partial charge in [-0.05, 0) is 61.7 Å². The Bertz CT molecular complexity index is 517. The van der Waals surface area contributed by atoms with Crippen LogP contribution in [-0.2, 0) is 9.53 Å². The molecule has 1 aliphatic rings. The Morgan fingerprint density at radius 1 is 1.40 bits per heavy atom. The molecule has 1 amide bonds. The van der Waals surface area contributed by atoms with Gasteiger partial charge in [0.25, 0.3) is 5.91 Å². The van der Waals surface area contributed by atoms with Crippen molar-refractivity contribution in [2.24, 2.45) is 0 Å². The summed E-state index contributed by atoms with van der Waals surface area (Å²) in [5.41, 5.74) is -0.553. The topological polar surface area (TPSA) is 59.8 Å². The van der Waals surface area contributed by atoms with Gasteiger partial charge in [0.2, 0.25) is 0 Å². The zero-order valence-electron chi connectivity index (χ0n) is 11.8. The third-order valence-electron chi connectivity index (χ3n) is 2.98. The summed E-state index contributed by atoms with van der Waals surface area (Å²) in [7, 11) is 0.